The van der Waals surface area contributed by atoms with Crippen LogP contribution in [-0.2, 0) is 19.1 Å². The van der Waals surface area contributed by atoms with E-state index in [1.165, 1.54) is 6.07 Å². The highest BCUT2D eigenvalue weighted by molar-refractivity contribution is 6.17. The van der Waals surface area contributed by atoms with Gasteiger partial charge in [0.05, 0.1) is 24.5 Å². The van der Waals surface area contributed by atoms with Crippen molar-refractivity contribution >= 4 is 23.6 Å². The number of rotatable bonds is 9. The molecule has 0 aliphatic heterocycles. The average molecular weight is 477 g/mol. The summed E-state index contributed by atoms with van der Waals surface area (Å²) < 4.78 is 30.0. The number of halogens is 1. The summed E-state index contributed by atoms with van der Waals surface area (Å²) in [6.07, 6.45) is 0. The molecule has 0 unspecified atom stereocenters. The van der Waals surface area contributed by atoms with E-state index in [0.717, 1.165) is 12.1 Å². The first kappa shape index (κ1) is 25.3. The van der Waals surface area contributed by atoms with Gasteiger partial charge in [-0.2, -0.15) is 0 Å². The fourth-order valence-corrected chi connectivity index (χ4v) is 3.18. The second-order valence-corrected chi connectivity index (χ2v) is 7.15. The van der Waals surface area contributed by atoms with Gasteiger partial charge in [-0.25, -0.2) is 18.8 Å². The lowest BCUT2D eigenvalue weighted by Gasteiger charge is -2.16. The molecule has 3 aromatic rings. The highest BCUT2D eigenvalue weighted by atomic mass is 19.1. The van der Waals surface area contributed by atoms with Crippen LogP contribution in [0.2, 0.25) is 0 Å². The number of nitrogens with zero attached hydrogens (tertiary/aromatic N) is 1. The predicted octanol–water partition coefficient (Wildman–Crippen LogP) is 4.38. The van der Waals surface area contributed by atoms with Crippen molar-refractivity contribution in [1.82, 2.24) is 0 Å². The minimum absolute atomic E-state index is 0.00526. The molecular weight excluding hydrogens is 453 g/mol. The maximum absolute atomic E-state index is 14.4. The molecule has 0 aromatic heterocycles. The minimum atomic E-state index is -1.66. The molecule has 0 aliphatic rings. The number of carbonyl (C=O) groups is 3. The summed E-state index contributed by atoms with van der Waals surface area (Å²) in [5, 5.41) is 0. The lowest BCUT2D eigenvalue weighted by atomic mass is 10.0. The van der Waals surface area contributed by atoms with Gasteiger partial charge >= 0.3 is 17.9 Å². The van der Waals surface area contributed by atoms with Gasteiger partial charge in [0, 0.05) is 11.1 Å². The van der Waals surface area contributed by atoms with Gasteiger partial charge in [0.15, 0.2) is 0 Å². The van der Waals surface area contributed by atoms with Crippen LogP contribution in [0.4, 0.5) is 4.39 Å². The summed E-state index contributed by atoms with van der Waals surface area (Å²) in [5.74, 6) is -3.14. The molecule has 3 aromatic carbocycles. The van der Waals surface area contributed by atoms with Crippen LogP contribution in [0.15, 0.2) is 83.9 Å². The zero-order valence-electron chi connectivity index (χ0n) is 19.3. The molecule has 35 heavy (non-hydrogen) atoms. The largest absolute Gasteiger partial charge is 0.464 e. The quantitative estimate of drug-likeness (QED) is 0.197. The van der Waals surface area contributed by atoms with Gasteiger partial charge in [-0.15, -0.1) is 0 Å². The lowest BCUT2D eigenvalue weighted by Crippen LogP contribution is -2.33. The van der Waals surface area contributed by atoms with Gasteiger partial charge in [-0.05, 0) is 44.2 Å². The van der Waals surface area contributed by atoms with Crippen LogP contribution in [0.3, 0.4) is 0 Å². The van der Waals surface area contributed by atoms with Crippen molar-refractivity contribution in [3.05, 3.63) is 101 Å². The second kappa shape index (κ2) is 12.2. The molecule has 3 rings (SSSR count). The standard InChI is InChI=1S/C27H24FNO6/c1-3-33-26(31)24(27(32)34-4-2)29-23(18-11-7-5-8-12-18)21-17-20(28)15-16-22(21)35-25(30)19-13-9-6-10-14-19/h5-17,24H,3-4H2,1-2H3. The summed E-state index contributed by atoms with van der Waals surface area (Å²) in [5.41, 5.74) is 0.858. The maximum atomic E-state index is 14.4. The van der Waals surface area contributed by atoms with Gasteiger partial charge in [0.25, 0.3) is 0 Å². The van der Waals surface area contributed by atoms with Crippen molar-refractivity contribution in [1.29, 1.82) is 0 Å². The predicted molar refractivity (Wildman–Crippen MR) is 127 cm³/mol. The van der Waals surface area contributed by atoms with Crippen molar-refractivity contribution in [2.24, 2.45) is 4.99 Å². The van der Waals surface area contributed by atoms with Crippen molar-refractivity contribution < 1.29 is 33.0 Å². The average Bonchev–Trinajstić information content (AvgIpc) is 2.87. The lowest BCUT2D eigenvalue weighted by molar-refractivity contribution is -0.156. The van der Waals surface area contributed by atoms with E-state index < -0.39 is 29.8 Å². The van der Waals surface area contributed by atoms with E-state index >= 15 is 0 Å². The van der Waals surface area contributed by atoms with Crippen LogP contribution in [0.1, 0.15) is 35.3 Å². The Hall–Kier alpha value is -4.33. The first-order valence-corrected chi connectivity index (χ1v) is 11.0. The Morgan fingerprint density at radius 3 is 1.89 bits per heavy atom. The van der Waals surface area contributed by atoms with E-state index in [-0.39, 0.29) is 35.8 Å². The summed E-state index contributed by atoms with van der Waals surface area (Å²) in [4.78, 5) is 42.2. The molecule has 0 amide bonds. The summed E-state index contributed by atoms with van der Waals surface area (Å²) in [6, 6.07) is 18.7. The van der Waals surface area contributed by atoms with Crippen LogP contribution in [0.5, 0.6) is 5.75 Å². The molecule has 0 radical (unpaired) electrons. The molecular formula is C27H24FNO6. The Morgan fingerprint density at radius 1 is 0.800 bits per heavy atom. The van der Waals surface area contributed by atoms with Gasteiger partial charge < -0.3 is 14.2 Å². The van der Waals surface area contributed by atoms with E-state index in [0.29, 0.717) is 5.56 Å². The zero-order chi connectivity index (χ0) is 25.2. The molecule has 0 aliphatic carbocycles. The molecule has 0 bridgehead atoms. The minimum Gasteiger partial charge on any atom is -0.464 e. The van der Waals surface area contributed by atoms with Crippen LogP contribution >= 0.6 is 0 Å². The first-order valence-electron chi connectivity index (χ1n) is 11.0. The molecule has 0 saturated carbocycles. The molecule has 8 heteroatoms. The van der Waals surface area contributed by atoms with E-state index in [4.69, 9.17) is 14.2 Å². The van der Waals surface area contributed by atoms with Crippen LogP contribution in [-0.4, -0.2) is 42.9 Å². The Morgan fingerprint density at radius 2 is 1.34 bits per heavy atom. The number of esters is 3. The third kappa shape index (κ3) is 6.60. The van der Waals surface area contributed by atoms with Crippen molar-refractivity contribution in [3.8, 4) is 5.75 Å². The van der Waals surface area contributed by atoms with E-state index in [9.17, 15) is 18.8 Å². The van der Waals surface area contributed by atoms with E-state index in [2.05, 4.69) is 4.99 Å². The summed E-state index contributed by atoms with van der Waals surface area (Å²) in [6.45, 7) is 3.22. The Bertz CT molecular complexity index is 1190. The third-order valence-electron chi connectivity index (χ3n) is 4.73. The van der Waals surface area contributed by atoms with E-state index in [1.807, 2.05) is 0 Å². The Labute approximate surface area is 202 Å². The zero-order valence-corrected chi connectivity index (χ0v) is 19.3. The molecule has 0 heterocycles. The van der Waals surface area contributed by atoms with Gasteiger partial charge in [-0.1, -0.05) is 48.5 Å². The third-order valence-corrected chi connectivity index (χ3v) is 4.73. The summed E-state index contributed by atoms with van der Waals surface area (Å²) in [7, 11) is 0. The molecule has 0 fully saturated rings. The molecule has 0 N–H and O–H groups in total. The SMILES string of the molecule is CCOC(=O)C(N=C(c1ccccc1)c1cc(F)ccc1OC(=O)c1ccccc1)C(=O)OCC. The fraction of sp³-hybridized carbons (Fsp3) is 0.185. The number of carbonyl (C=O) groups excluding carboxylic acids is 3. The second-order valence-electron chi connectivity index (χ2n) is 7.15. The molecule has 180 valence electrons. The normalized spacial score (nSPS) is 11.1. The maximum Gasteiger partial charge on any atom is 0.343 e. The topological polar surface area (TPSA) is 91.3 Å². The van der Waals surface area contributed by atoms with Crippen molar-refractivity contribution in [2.45, 2.75) is 19.9 Å². The van der Waals surface area contributed by atoms with Crippen LogP contribution in [0, 0.1) is 5.82 Å². The van der Waals surface area contributed by atoms with Crippen molar-refractivity contribution in [3.63, 3.8) is 0 Å². The highest BCUT2D eigenvalue weighted by Crippen LogP contribution is 2.26. The molecule has 0 saturated heterocycles. The van der Waals surface area contributed by atoms with Gasteiger partial charge in [0.2, 0.25) is 6.04 Å². The number of hydrogen-bond acceptors (Lipinski definition) is 7. The fourth-order valence-electron chi connectivity index (χ4n) is 3.18. The molecule has 0 spiro atoms. The smallest absolute Gasteiger partial charge is 0.343 e. The van der Waals surface area contributed by atoms with Crippen LogP contribution in [0.25, 0.3) is 0 Å². The monoisotopic (exact) mass is 477 g/mol. The van der Waals surface area contributed by atoms with E-state index in [1.54, 1.807) is 74.5 Å². The Balaban J connectivity index is 2.16. The number of ether oxygens (including phenoxy) is 3. The highest BCUT2D eigenvalue weighted by Gasteiger charge is 2.31. The first-order chi connectivity index (χ1) is 16.9. The van der Waals surface area contributed by atoms with Crippen molar-refractivity contribution in [2.75, 3.05) is 13.2 Å². The number of benzene rings is 3. The number of aliphatic imine (C=N–C) groups is 1. The molecule has 0 atom stereocenters. The number of hydrogen-bond donors (Lipinski definition) is 0. The Kier molecular flexibility index (Phi) is 8.83. The van der Waals surface area contributed by atoms with Gasteiger partial charge in [0.1, 0.15) is 11.6 Å². The van der Waals surface area contributed by atoms with Gasteiger partial charge in [-0.3, -0.25) is 4.99 Å². The van der Waals surface area contributed by atoms with Crippen LogP contribution < -0.4 is 4.74 Å². The summed E-state index contributed by atoms with van der Waals surface area (Å²) >= 11 is 0. The molecule has 7 nitrogen and oxygen atoms in total.